The molecule has 0 aliphatic heterocycles. The largest absolute Gasteiger partial charge is 0.469 e. The molecule has 0 radical (unpaired) electrons. The summed E-state index contributed by atoms with van der Waals surface area (Å²) in [5.41, 5.74) is 0. The molecule has 0 aromatic rings. The van der Waals surface area contributed by atoms with Gasteiger partial charge in [0.25, 0.3) is 0 Å². The van der Waals surface area contributed by atoms with Crippen molar-refractivity contribution in [2.75, 3.05) is 34.9 Å². The zero-order chi connectivity index (χ0) is 36.4. The third-order valence-corrected chi connectivity index (χ3v) is 9.50. The fourth-order valence-corrected chi connectivity index (χ4v) is 6.14. The number of nitrogens with zero attached hydrogens (tertiary/aromatic N) is 1. The number of methoxy groups -OCH3 is 2. The molecule has 0 saturated carbocycles. The SMILES string of the molecule is COC(=O)CCCC/C=C\CCCCCCCCC(CCCCCCCC/C=C\CCCCC(=O)OC)OC(=O)CC(C)C(C)CN(C)C. The average Bonchev–Trinajstić information content (AvgIpc) is 3.07. The lowest BCUT2D eigenvalue weighted by Crippen LogP contribution is -2.27. The maximum Gasteiger partial charge on any atom is 0.306 e. The summed E-state index contributed by atoms with van der Waals surface area (Å²) in [7, 11) is 7.07. The number of esters is 3. The molecule has 0 bridgehead atoms. The van der Waals surface area contributed by atoms with Crippen molar-refractivity contribution in [2.24, 2.45) is 11.8 Å². The predicted octanol–water partition coefficient (Wildman–Crippen LogP) is 10.9. The van der Waals surface area contributed by atoms with E-state index in [0.29, 0.717) is 31.1 Å². The number of hydrogen-bond donors (Lipinski definition) is 0. The highest BCUT2D eigenvalue weighted by molar-refractivity contribution is 5.70. The predicted molar refractivity (Wildman–Crippen MR) is 204 cm³/mol. The third-order valence-electron chi connectivity index (χ3n) is 9.50. The van der Waals surface area contributed by atoms with Crippen LogP contribution in [0.2, 0.25) is 0 Å². The molecular formula is C42H77NO6. The molecule has 0 heterocycles. The fraction of sp³-hybridized carbons (Fsp3) is 0.833. The quantitative estimate of drug-likeness (QED) is 0.0287. The van der Waals surface area contributed by atoms with Crippen molar-refractivity contribution in [1.82, 2.24) is 4.90 Å². The molecule has 2 unspecified atom stereocenters. The van der Waals surface area contributed by atoms with Crippen LogP contribution in [0.5, 0.6) is 0 Å². The molecule has 7 heteroatoms. The van der Waals surface area contributed by atoms with Gasteiger partial charge in [0.05, 0.1) is 14.2 Å². The van der Waals surface area contributed by atoms with Crippen molar-refractivity contribution in [1.29, 1.82) is 0 Å². The first-order valence-electron chi connectivity index (χ1n) is 20.0. The second-order valence-electron chi connectivity index (χ2n) is 14.5. The van der Waals surface area contributed by atoms with Crippen LogP contribution in [0.1, 0.15) is 174 Å². The summed E-state index contributed by atoms with van der Waals surface area (Å²) in [5.74, 6) is 0.533. The third kappa shape index (κ3) is 32.8. The van der Waals surface area contributed by atoms with E-state index >= 15 is 0 Å². The molecule has 0 aliphatic carbocycles. The smallest absolute Gasteiger partial charge is 0.306 e. The minimum Gasteiger partial charge on any atom is -0.469 e. The summed E-state index contributed by atoms with van der Waals surface area (Å²) in [4.78, 5) is 37.4. The Morgan fingerprint density at radius 1 is 0.510 bits per heavy atom. The molecule has 0 aromatic heterocycles. The van der Waals surface area contributed by atoms with Crippen molar-refractivity contribution in [2.45, 2.75) is 180 Å². The maximum atomic E-state index is 12.9. The number of allylic oxidation sites excluding steroid dienone is 4. The Labute approximate surface area is 302 Å². The summed E-state index contributed by atoms with van der Waals surface area (Å²) >= 11 is 0. The molecule has 0 aromatic carbocycles. The van der Waals surface area contributed by atoms with Crippen LogP contribution in [0.15, 0.2) is 24.3 Å². The number of ether oxygens (including phenoxy) is 3. The van der Waals surface area contributed by atoms with Crippen LogP contribution in [0.4, 0.5) is 0 Å². The van der Waals surface area contributed by atoms with Gasteiger partial charge in [0.15, 0.2) is 0 Å². The van der Waals surface area contributed by atoms with E-state index in [4.69, 9.17) is 4.74 Å². The Balaban J connectivity index is 4.24. The Morgan fingerprint density at radius 3 is 1.27 bits per heavy atom. The standard InChI is InChI=1S/C42H77NO6/c1-37(38(2)36-43(3)4)35-42(46)49-39(31-27-23-19-15-11-7-9-13-17-21-25-29-33-40(44)47-5)32-28-24-20-16-12-8-10-14-18-22-26-30-34-41(45)48-6/h13-14,17-18,37-39H,7-12,15-16,19-36H2,1-6H3/b17-13-,18-14-. The van der Waals surface area contributed by atoms with Gasteiger partial charge in [0.1, 0.15) is 6.10 Å². The Kier molecular flexibility index (Phi) is 32.8. The van der Waals surface area contributed by atoms with Gasteiger partial charge in [-0.3, -0.25) is 14.4 Å². The van der Waals surface area contributed by atoms with Crippen molar-refractivity contribution in [3.05, 3.63) is 24.3 Å². The monoisotopic (exact) mass is 692 g/mol. The van der Waals surface area contributed by atoms with E-state index < -0.39 is 0 Å². The van der Waals surface area contributed by atoms with Crippen LogP contribution >= 0.6 is 0 Å². The van der Waals surface area contributed by atoms with Crippen LogP contribution in [-0.2, 0) is 28.6 Å². The molecular weight excluding hydrogens is 614 g/mol. The molecule has 0 rings (SSSR count). The van der Waals surface area contributed by atoms with Gasteiger partial charge in [-0.05, 0) is 116 Å². The number of carbonyl (C=O) groups excluding carboxylic acids is 3. The number of hydrogen-bond acceptors (Lipinski definition) is 7. The minimum atomic E-state index is -0.114. The lowest BCUT2D eigenvalue weighted by atomic mass is 9.92. The second-order valence-corrected chi connectivity index (χ2v) is 14.5. The van der Waals surface area contributed by atoms with E-state index in [1.165, 1.54) is 78.4 Å². The highest BCUT2D eigenvalue weighted by Crippen LogP contribution is 2.21. The van der Waals surface area contributed by atoms with Gasteiger partial charge >= 0.3 is 17.9 Å². The van der Waals surface area contributed by atoms with Gasteiger partial charge in [0.2, 0.25) is 0 Å². The van der Waals surface area contributed by atoms with E-state index in [-0.39, 0.29) is 24.0 Å². The van der Waals surface area contributed by atoms with Crippen molar-refractivity contribution < 1.29 is 28.6 Å². The molecule has 0 amide bonds. The fourth-order valence-electron chi connectivity index (χ4n) is 6.14. The van der Waals surface area contributed by atoms with Crippen LogP contribution in [0, 0.1) is 11.8 Å². The summed E-state index contributed by atoms with van der Waals surface area (Å²) in [6, 6.07) is 0. The number of unbranched alkanes of at least 4 members (excludes halogenated alkanes) is 16. The lowest BCUT2D eigenvalue weighted by Gasteiger charge is -2.24. The van der Waals surface area contributed by atoms with E-state index in [9.17, 15) is 14.4 Å². The maximum absolute atomic E-state index is 12.9. The van der Waals surface area contributed by atoms with Crippen LogP contribution in [0.3, 0.4) is 0 Å². The molecule has 286 valence electrons. The first-order chi connectivity index (χ1) is 23.7. The summed E-state index contributed by atoms with van der Waals surface area (Å²) in [5, 5.41) is 0. The number of rotatable bonds is 34. The van der Waals surface area contributed by atoms with Crippen molar-refractivity contribution >= 4 is 17.9 Å². The molecule has 0 fully saturated rings. The van der Waals surface area contributed by atoms with Crippen LogP contribution in [0.25, 0.3) is 0 Å². The van der Waals surface area contributed by atoms with Crippen LogP contribution < -0.4 is 0 Å². The topological polar surface area (TPSA) is 82.1 Å². The first-order valence-corrected chi connectivity index (χ1v) is 20.0. The zero-order valence-electron chi connectivity index (χ0n) is 32.8. The Hall–Kier alpha value is -2.15. The zero-order valence-corrected chi connectivity index (χ0v) is 32.8. The van der Waals surface area contributed by atoms with E-state index in [2.05, 4.69) is 66.6 Å². The Bertz CT molecular complexity index is 804. The van der Waals surface area contributed by atoms with E-state index in [1.807, 2.05) is 0 Å². The molecule has 0 spiro atoms. The van der Waals surface area contributed by atoms with E-state index in [0.717, 1.165) is 83.6 Å². The van der Waals surface area contributed by atoms with Gasteiger partial charge in [-0.1, -0.05) is 89.5 Å². The molecule has 7 nitrogen and oxygen atoms in total. The first kappa shape index (κ1) is 46.9. The molecule has 0 N–H and O–H groups in total. The molecule has 0 aliphatic rings. The lowest BCUT2D eigenvalue weighted by molar-refractivity contribution is -0.151. The highest BCUT2D eigenvalue weighted by Gasteiger charge is 2.20. The molecule has 2 atom stereocenters. The van der Waals surface area contributed by atoms with Crippen LogP contribution in [-0.4, -0.2) is 63.8 Å². The van der Waals surface area contributed by atoms with Gasteiger partial charge in [0, 0.05) is 25.8 Å². The summed E-state index contributed by atoms with van der Waals surface area (Å²) in [6.45, 7) is 5.40. The highest BCUT2D eigenvalue weighted by atomic mass is 16.5. The Morgan fingerprint density at radius 2 is 0.878 bits per heavy atom. The van der Waals surface area contributed by atoms with E-state index in [1.54, 1.807) is 0 Å². The van der Waals surface area contributed by atoms with Gasteiger partial charge in [-0.2, -0.15) is 0 Å². The average molecular weight is 692 g/mol. The normalized spacial score (nSPS) is 13.1. The molecule has 49 heavy (non-hydrogen) atoms. The van der Waals surface area contributed by atoms with Gasteiger partial charge in [-0.15, -0.1) is 0 Å². The van der Waals surface area contributed by atoms with Gasteiger partial charge < -0.3 is 19.1 Å². The van der Waals surface area contributed by atoms with Crippen molar-refractivity contribution in [3.63, 3.8) is 0 Å². The summed E-state index contributed by atoms with van der Waals surface area (Å²) in [6.07, 6.45) is 35.6. The summed E-state index contributed by atoms with van der Waals surface area (Å²) < 4.78 is 15.5. The molecule has 0 saturated heterocycles. The van der Waals surface area contributed by atoms with Crippen molar-refractivity contribution in [3.8, 4) is 0 Å². The second kappa shape index (κ2) is 34.3. The minimum absolute atomic E-state index is 0.0175. The van der Waals surface area contributed by atoms with Gasteiger partial charge in [-0.25, -0.2) is 0 Å². The number of carbonyl (C=O) groups is 3.